The van der Waals surface area contributed by atoms with Crippen molar-refractivity contribution in [3.63, 3.8) is 0 Å². The maximum absolute atomic E-state index is 13.2. The Kier molecular flexibility index (Phi) is 6.46. The molecule has 0 spiro atoms. The van der Waals surface area contributed by atoms with E-state index in [9.17, 15) is 23.1 Å². The van der Waals surface area contributed by atoms with Crippen molar-refractivity contribution in [2.24, 2.45) is 0 Å². The number of rotatable bonds is 5. The number of carbonyl (C=O) groups is 1. The molecule has 2 atom stereocenters. The Bertz CT molecular complexity index is 1010. The third-order valence-electron chi connectivity index (χ3n) is 6.35. The zero-order valence-corrected chi connectivity index (χ0v) is 19.3. The van der Waals surface area contributed by atoms with Crippen LogP contribution >= 0.6 is 0 Å². The molecule has 0 radical (unpaired) electrons. The highest BCUT2D eigenvalue weighted by Gasteiger charge is 2.47. The molecule has 2 fully saturated rings. The summed E-state index contributed by atoms with van der Waals surface area (Å²) in [6.45, 7) is 4.69. The van der Waals surface area contributed by atoms with Gasteiger partial charge in [0, 0.05) is 38.7 Å². The van der Waals surface area contributed by atoms with Crippen LogP contribution in [-0.2, 0) is 16.5 Å². The van der Waals surface area contributed by atoms with Crippen LogP contribution in [0.3, 0.4) is 0 Å². The van der Waals surface area contributed by atoms with Crippen LogP contribution in [0.5, 0.6) is 0 Å². The van der Waals surface area contributed by atoms with Crippen LogP contribution in [0.4, 0.5) is 23.8 Å². The molecule has 1 N–H and O–H groups in total. The minimum atomic E-state index is -4.62. The lowest BCUT2D eigenvalue weighted by Gasteiger charge is -2.47. The number of nitrogens with zero attached hydrogens (tertiary/aromatic N) is 4. The van der Waals surface area contributed by atoms with Gasteiger partial charge < -0.3 is 19.6 Å². The van der Waals surface area contributed by atoms with Crippen LogP contribution in [-0.4, -0.2) is 57.3 Å². The topological polar surface area (TPSA) is 78.8 Å². The summed E-state index contributed by atoms with van der Waals surface area (Å²) in [7, 11) is 0. The number of benzene rings is 1. The van der Waals surface area contributed by atoms with E-state index in [0.717, 1.165) is 11.8 Å². The molecule has 0 saturated carbocycles. The molecule has 0 aliphatic carbocycles. The number of alkyl halides is 3. The number of hydrogen-bond donors (Lipinski definition) is 1. The Morgan fingerprint density at radius 1 is 1.18 bits per heavy atom. The average molecular weight is 479 g/mol. The number of aliphatic hydroxyl groups is 1. The van der Waals surface area contributed by atoms with Gasteiger partial charge in [0.25, 0.3) is 0 Å². The SMILES string of the molecule is CC(C)(O)CC1(c2ccccc2)CCN(C2CCCN(c3ccnc(C(F)(F)F)n3)C2)C(=O)O1. The summed E-state index contributed by atoms with van der Waals surface area (Å²) in [5, 5.41) is 10.5. The van der Waals surface area contributed by atoms with Crippen molar-refractivity contribution in [2.75, 3.05) is 24.5 Å². The second-order valence-corrected chi connectivity index (χ2v) is 9.64. The molecule has 3 heterocycles. The second kappa shape index (κ2) is 9.05. The van der Waals surface area contributed by atoms with E-state index in [1.54, 1.807) is 23.6 Å². The number of hydrogen-bond acceptors (Lipinski definition) is 6. The molecule has 2 aliphatic rings. The third kappa shape index (κ3) is 5.27. The van der Waals surface area contributed by atoms with E-state index < -0.39 is 29.3 Å². The van der Waals surface area contributed by atoms with Gasteiger partial charge in [-0.25, -0.2) is 14.8 Å². The molecule has 2 aliphatic heterocycles. The van der Waals surface area contributed by atoms with Crippen LogP contribution in [0.15, 0.2) is 42.6 Å². The van der Waals surface area contributed by atoms with Gasteiger partial charge in [-0.3, -0.25) is 0 Å². The first-order valence-corrected chi connectivity index (χ1v) is 11.4. The van der Waals surface area contributed by atoms with Gasteiger partial charge in [0.2, 0.25) is 5.82 Å². The van der Waals surface area contributed by atoms with Crippen LogP contribution in [0.25, 0.3) is 0 Å². The Hall–Kier alpha value is -2.88. The van der Waals surface area contributed by atoms with Gasteiger partial charge in [-0.05, 0) is 38.3 Å². The van der Waals surface area contributed by atoms with Gasteiger partial charge in [-0.15, -0.1) is 0 Å². The minimum Gasteiger partial charge on any atom is -0.438 e. The average Bonchev–Trinajstić information content (AvgIpc) is 2.78. The van der Waals surface area contributed by atoms with Gasteiger partial charge in [0.05, 0.1) is 11.6 Å². The third-order valence-corrected chi connectivity index (χ3v) is 6.35. The zero-order chi connectivity index (χ0) is 24.6. The van der Waals surface area contributed by atoms with E-state index in [1.165, 1.54) is 6.07 Å². The summed E-state index contributed by atoms with van der Waals surface area (Å²) in [6, 6.07) is 10.6. The second-order valence-electron chi connectivity index (χ2n) is 9.64. The smallest absolute Gasteiger partial charge is 0.438 e. The molecule has 1 aromatic heterocycles. The monoisotopic (exact) mass is 478 g/mol. The quantitative estimate of drug-likeness (QED) is 0.688. The molecule has 1 aromatic carbocycles. The van der Waals surface area contributed by atoms with Crippen molar-refractivity contribution >= 4 is 11.9 Å². The number of cyclic esters (lactones) is 1. The number of ether oxygens (including phenoxy) is 1. The molecule has 2 saturated heterocycles. The molecule has 10 heteroatoms. The summed E-state index contributed by atoms with van der Waals surface area (Å²) < 4.78 is 45.2. The maximum Gasteiger partial charge on any atom is 0.451 e. The number of carbonyl (C=O) groups excluding carboxylic acids is 1. The standard InChI is InChI=1S/C24H29F3N4O3/c1-22(2,33)16-23(17-7-4-3-5-8-17)11-14-31(21(32)34-23)18-9-6-13-30(15-18)19-10-12-28-20(29-19)24(25,26)27/h3-5,7-8,10,12,18,33H,6,9,11,13-16H2,1-2H3. The van der Waals surface area contributed by atoms with E-state index in [-0.39, 0.29) is 18.3 Å². The first-order chi connectivity index (χ1) is 16.0. The number of anilines is 1. The van der Waals surface area contributed by atoms with Crippen LogP contribution < -0.4 is 4.90 Å². The number of halogens is 3. The van der Waals surface area contributed by atoms with E-state index in [0.29, 0.717) is 38.9 Å². The predicted molar refractivity (Wildman–Crippen MR) is 119 cm³/mol. The zero-order valence-electron chi connectivity index (χ0n) is 19.3. The molecule has 184 valence electrons. The van der Waals surface area contributed by atoms with Gasteiger partial charge in [-0.1, -0.05) is 30.3 Å². The molecule has 0 bridgehead atoms. The van der Waals surface area contributed by atoms with Crippen molar-refractivity contribution in [1.82, 2.24) is 14.9 Å². The molecule has 4 rings (SSSR count). The van der Waals surface area contributed by atoms with Crippen molar-refractivity contribution in [2.45, 2.75) is 63.0 Å². The van der Waals surface area contributed by atoms with Gasteiger partial charge in [0.1, 0.15) is 11.4 Å². The summed E-state index contributed by atoms with van der Waals surface area (Å²) in [4.78, 5) is 23.7. The Morgan fingerprint density at radius 2 is 1.91 bits per heavy atom. The molecular formula is C24H29F3N4O3. The van der Waals surface area contributed by atoms with Crippen LogP contribution in [0.2, 0.25) is 0 Å². The lowest BCUT2D eigenvalue weighted by Crippen LogP contribution is -2.57. The molecule has 7 nitrogen and oxygen atoms in total. The first-order valence-electron chi connectivity index (χ1n) is 11.4. The van der Waals surface area contributed by atoms with E-state index >= 15 is 0 Å². The fourth-order valence-electron chi connectivity index (χ4n) is 4.95. The van der Waals surface area contributed by atoms with Crippen molar-refractivity contribution < 1.29 is 27.8 Å². The minimum absolute atomic E-state index is 0.193. The normalized spacial score (nSPS) is 24.2. The Morgan fingerprint density at radius 3 is 2.56 bits per heavy atom. The van der Waals surface area contributed by atoms with E-state index in [2.05, 4.69) is 9.97 Å². The number of piperidine rings is 1. The van der Waals surface area contributed by atoms with Crippen molar-refractivity contribution in [3.8, 4) is 0 Å². The molecule has 2 aromatic rings. The van der Waals surface area contributed by atoms with Crippen molar-refractivity contribution in [3.05, 3.63) is 54.0 Å². The van der Waals surface area contributed by atoms with Gasteiger partial charge >= 0.3 is 12.3 Å². The molecule has 2 unspecified atom stereocenters. The summed E-state index contributed by atoms with van der Waals surface area (Å²) >= 11 is 0. The number of aromatic nitrogens is 2. The summed E-state index contributed by atoms with van der Waals surface area (Å²) in [5.41, 5.74) is -1.17. The number of amides is 1. The van der Waals surface area contributed by atoms with Crippen molar-refractivity contribution in [1.29, 1.82) is 0 Å². The lowest BCUT2D eigenvalue weighted by atomic mass is 9.80. The Balaban J connectivity index is 1.51. The van der Waals surface area contributed by atoms with Crippen LogP contribution in [0, 0.1) is 0 Å². The highest BCUT2D eigenvalue weighted by molar-refractivity contribution is 5.70. The molecule has 34 heavy (non-hydrogen) atoms. The van der Waals surface area contributed by atoms with Gasteiger partial charge in [0.15, 0.2) is 0 Å². The summed E-state index contributed by atoms with van der Waals surface area (Å²) in [6.07, 6.45) is -1.83. The molecule has 1 amide bonds. The highest BCUT2D eigenvalue weighted by atomic mass is 19.4. The predicted octanol–water partition coefficient (Wildman–Crippen LogP) is 4.36. The fraction of sp³-hybridized carbons (Fsp3) is 0.542. The van der Waals surface area contributed by atoms with Crippen LogP contribution in [0.1, 0.15) is 50.9 Å². The Labute approximate surface area is 196 Å². The highest BCUT2D eigenvalue weighted by Crippen LogP contribution is 2.41. The summed E-state index contributed by atoms with van der Waals surface area (Å²) in [5.74, 6) is -0.984. The lowest BCUT2D eigenvalue weighted by molar-refractivity contribution is -0.144. The first kappa shape index (κ1) is 24.3. The largest absolute Gasteiger partial charge is 0.451 e. The molecular weight excluding hydrogens is 449 g/mol. The van der Waals surface area contributed by atoms with E-state index in [1.807, 2.05) is 30.3 Å². The van der Waals surface area contributed by atoms with Gasteiger partial charge in [-0.2, -0.15) is 13.2 Å². The van der Waals surface area contributed by atoms with E-state index in [4.69, 9.17) is 4.74 Å². The maximum atomic E-state index is 13.2. The fourth-order valence-corrected chi connectivity index (χ4v) is 4.95.